The first-order valence-corrected chi connectivity index (χ1v) is 11.3. The Morgan fingerprint density at radius 1 is 1.18 bits per heavy atom. The number of pyridine rings is 1. The van der Waals surface area contributed by atoms with E-state index in [1.807, 2.05) is 13.8 Å². The van der Waals surface area contributed by atoms with Crippen LogP contribution in [-0.4, -0.2) is 38.7 Å². The molecule has 2 amide bonds. The topological polar surface area (TPSA) is 98.1 Å². The molecule has 1 aromatic carbocycles. The van der Waals surface area contributed by atoms with Gasteiger partial charge in [-0.2, -0.15) is 0 Å². The number of halogens is 2. The summed E-state index contributed by atoms with van der Waals surface area (Å²) in [5.41, 5.74) is 1.46. The van der Waals surface area contributed by atoms with Crippen LogP contribution < -0.4 is 15.4 Å². The van der Waals surface area contributed by atoms with Crippen LogP contribution in [0.1, 0.15) is 53.1 Å². The molecule has 1 aliphatic rings. The predicted molar refractivity (Wildman–Crippen MR) is 127 cm³/mol. The van der Waals surface area contributed by atoms with Gasteiger partial charge in [-0.3, -0.25) is 9.59 Å². The molecule has 1 aliphatic carbocycles. The first-order valence-electron chi connectivity index (χ1n) is 10.5. The van der Waals surface area contributed by atoms with Crippen molar-refractivity contribution in [2.75, 3.05) is 5.32 Å². The third kappa shape index (κ3) is 5.29. The van der Waals surface area contributed by atoms with Gasteiger partial charge in [0.15, 0.2) is 5.82 Å². The summed E-state index contributed by atoms with van der Waals surface area (Å²) in [4.78, 5) is 30.5. The molecule has 2 aromatic heterocycles. The van der Waals surface area contributed by atoms with Crippen molar-refractivity contribution in [3.63, 3.8) is 0 Å². The lowest BCUT2D eigenvalue weighted by molar-refractivity contribution is 0.0952. The number of hydrogen-bond acceptors (Lipinski definition) is 5. The minimum Gasteiger partial charge on any atom is -0.474 e. The zero-order chi connectivity index (χ0) is 23.7. The number of aromatic nitrogens is 3. The number of nitrogens with zero attached hydrogens (tertiary/aromatic N) is 3. The molecule has 0 aliphatic heterocycles. The molecule has 1 saturated carbocycles. The number of hydrogen-bond donors (Lipinski definition) is 2. The smallest absolute Gasteiger partial charge is 0.274 e. The van der Waals surface area contributed by atoms with Gasteiger partial charge in [0.05, 0.1) is 22.4 Å². The number of anilines is 1. The van der Waals surface area contributed by atoms with E-state index in [4.69, 9.17) is 27.9 Å². The van der Waals surface area contributed by atoms with Crippen LogP contribution in [-0.2, 0) is 0 Å². The molecule has 1 fully saturated rings. The summed E-state index contributed by atoms with van der Waals surface area (Å²) in [6, 6.07) is 8.23. The molecule has 172 valence electrons. The van der Waals surface area contributed by atoms with Gasteiger partial charge in [0.25, 0.3) is 11.8 Å². The monoisotopic (exact) mass is 487 g/mol. The average Bonchev–Trinajstić information content (AvgIpc) is 3.46. The second-order valence-corrected chi connectivity index (χ2v) is 8.95. The van der Waals surface area contributed by atoms with Crippen LogP contribution in [0.25, 0.3) is 5.82 Å². The molecule has 0 radical (unpaired) electrons. The van der Waals surface area contributed by atoms with E-state index >= 15 is 0 Å². The van der Waals surface area contributed by atoms with Crippen molar-refractivity contribution in [2.45, 2.75) is 45.8 Å². The molecular formula is C23H23Cl2N5O3. The normalized spacial score (nSPS) is 13.2. The zero-order valence-electron chi connectivity index (χ0n) is 18.4. The minimum absolute atomic E-state index is 0.147. The fourth-order valence-corrected chi connectivity index (χ4v) is 3.75. The summed E-state index contributed by atoms with van der Waals surface area (Å²) in [6.45, 7) is 5.48. The lowest BCUT2D eigenvalue weighted by Crippen LogP contribution is -2.27. The van der Waals surface area contributed by atoms with Gasteiger partial charge in [-0.05, 0) is 63.4 Å². The van der Waals surface area contributed by atoms with E-state index < -0.39 is 5.91 Å². The van der Waals surface area contributed by atoms with Crippen LogP contribution in [0.5, 0.6) is 5.88 Å². The number of carbonyl (C=O) groups is 2. The number of aryl methyl sites for hydroxylation is 1. The second kappa shape index (κ2) is 9.41. The molecule has 0 unspecified atom stereocenters. The van der Waals surface area contributed by atoms with Crippen molar-refractivity contribution in [1.29, 1.82) is 0 Å². The predicted octanol–water partition coefficient (Wildman–Crippen LogP) is 4.81. The van der Waals surface area contributed by atoms with Crippen molar-refractivity contribution in [3.05, 3.63) is 63.4 Å². The van der Waals surface area contributed by atoms with E-state index in [1.165, 1.54) is 10.7 Å². The molecule has 0 bridgehead atoms. The largest absolute Gasteiger partial charge is 0.474 e. The maximum absolute atomic E-state index is 13.4. The number of carbonyl (C=O) groups excluding carboxylic acids is 2. The van der Waals surface area contributed by atoms with Crippen molar-refractivity contribution in [3.8, 4) is 11.7 Å². The summed E-state index contributed by atoms with van der Waals surface area (Å²) in [5.74, 6) is -0.268. The molecule has 2 heterocycles. The number of amides is 2. The Morgan fingerprint density at radius 3 is 2.61 bits per heavy atom. The van der Waals surface area contributed by atoms with Crippen LogP contribution in [0.2, 0.25) is 10.0 Å². The van der Waals surface area contributed by atoms with Crippen LogP contribution in [0.4, 0.5) is 5.69 Å². The van der Waals surface area contributed by atoms with Gasteiger partial charge >= 0.3 is 0 Å². The van der Waals surface area contributed by atoms with Gasteiger partial charge in [0, 0.05) is 23.3 Å². The SMILES string of the molecule is Cc1cc(Cl)cc(C(=O)NC2CC2)c1NC(=O)c1cc(OC(C)C)nn1-c1ncccc1Cl. The van der Waals surface area contributed by atoms with Crippen LogP contribution >= 0.6 is 23.2 Å². The standard InChI is InChI=1S/C23H23Cl2N5O3/c1-12(2)33-19-11-18(30(29-19)21-17(25)5-4-8-26-21)23(32)28-20-13(3)9-14(24)10-16(20)22(31)27-15-6-7-15/h4-5,8-12,15H,6-7H2,1-3H3,(H,27,31)(H,28,32). The number of ether oxygens (including phenoxy) is 1. The van der Waals surface area contributed by atoms with Crippen molar-refractivity contribution >= 4 is 40.7 Å². The van der Waals surface area contributed by atoms with Gasteiger partial charge in [-0.15, -0.1) is 5.10 Å². The Bertz CT molecular complexity index is 1220. The Hall–Kier alpha value is -3.10. The lowest BCUT2D eigenvalue weighted by atomic mass is 10.1. The second-order valence-electron chi connectivity index (χ2n) is 8.10. The van der Waals surface area contributed by atoms with Gasteiger partial charge < -0.3 is 15.4 Å². The Balaban J connectivity index is 1.72. The Kier molecular flexibility index (Phi) is 6.58. The molecule has 0 spiro atoms. The molecule has 0 atom stereocenters. The maximum Gasteiger partial charge on any atom is 0.274 e. The molecule has 3 aromatic rings. The molecule has 4 rings (SSSR count). The molecule has 2 N–H and O–H groups in total. The third-order valence-corrected chi connectivity index (χ3v) is 5.42. The first-order chi connectivity index (χ1) is 15.7. The fraction of sp³-hybridized carbons (Fsp3) is 0.304. The Morgan fingerprint density at radius 2 is 1.94 bits per heavy atom. The van der Waals surface area contributed by atoms with E-state index in [0.717, 1.165) is 12.8 Å². The van der Waals surface area contributed by atoms with Crippen LogP contribution in [0, 0.1) is 6.92 Å². The summed E-state index contributed by atoms with van der Waals surface area (Å²) in [7, 11) is 0. The van der Waals surface area contributed by atoms with E-state index in [-0.39, 0.29) is 35.4 Å². The van der Waals surface area contributed by atoms with Crippen molar-refractivity contribution in [1.82, 2.24) is 20.1 Å². The number of benzene rings is 1. The summed E-state index contributed by atoms with van der Waals surface area (Å²) in [6.07, 6.45) is 3.28. The van der Waals surface area contributed by atoms with Crippen LogP contribution in [0.15, 0.2) is 36.5 Å². The molecule has 33 heavy (non-hydrogen) atoms. The highest BCUT2D eigenvalue weighted by Crippen LogP contribution is 2.29. The molecule has 8 nitrogen and oxygen atoms in total. The molecule has 10 heteroatoms. The first kappa shape index (κ1) is 23.1. The molecule has 0 saturated heterocycles. The fourth-order valence-electron chi connectivity index (χ4n) is 3.27. The van der Waals surface area contributed by atoms with Crippen LogP contribution in [0.3, 0.4) is 0 Å². The highest BCUT2D eigenvalue weighted by atomic mass is 35.5. The van der Waals surface area contributed by atoms with E-state index in [9.17, 15) is 9.59 Å². The Labute approximate surface area is 201 Å². The van der Waals surface area contributed by atoms with Crippen molar-refractivity contribution in [2.24, 2.45) is 0 Å². The van der Waals surface area contributed by atoms with Gasteiger partial charge in [-0.1, -0.05) is 23.2 Å². The van der Waals surface area contributed by atoms with E-state index in [1.54, 1.807) is 37.4 Å². The summed E-state index contributed by atoms with van der Waals surface area (Å²) >= 11 is 12.5. The highest BCUT2D eigenvalue weighted by Gasteiger charge is 2.27. The number of nitrogens with one attached hydrogen (secondary N) is 2. The molecular weight excluding hydrogens is 465 g/mol. The minimum atomic E-state index is -0.506. The summed E-state index contributed by atoms with van der Waals surface area (Å²) < 4.78 is 7.01. The van der Waals surface area contributed by atoms with E-state index in [2.05, 4.69) is 20.7 Å². The number of rotatable bonds is 7. The van der Waals surface area contributed by atoms with Gasteiger partial charge in [-0.25, -0.2) is 9.67 Å². The van der Waals surface area contributed by atoms with Gasteiger partial charge in [0.2, 0.25) is 5.88 Å². The average molecular weight is 488 g/mol. The quantitative estimate of drug-likeness (QED) is 0.497. The maximum atomic E-state index is 13.4. The zero-order valence-corrected chi connectivity index (χ0v) is 19.9. The lowest BCUT2D eigenvalue weighted by Gasteiger charge is -2.15. The third-order valence-electron chi connectivity index (χ3n) is 4.91. The highest BCUT2D eigenvalue weighted by molar-refractivity contribution is 6.32. The van der Waals surface area contributed by atoms with E-state index in [0.29, 0.717) is 26.9 Å². The summed E-state index contributed by atoms with van der Waals surface area (Å²) in [5, 5.41) is 10.9. The van der Waals surface area contributed by atoms with Crippen molar-refractivity contribution < 1.29 is 14.3 Å². The van der Waals surface area contributed by atoms with Gasteiger partial charge in [0.1, 0.15) is 5.69 Å².